The van der Waals surface area contributed by atoms with Crippen molar-refractivity contribution in [3.05, 3.63) is 12.2 Å². The van der Waals surface area contributed by atoms with Crippen molar-refractivity contribution in [1.82, 2.24) is 0 Å². The minimum Gasteiger partial charge on any atom is -0.391 e. The van der Waals surface area contributed by atoms with E-state index in [1.54, 1.807) is 6.92 Å². The molecule has 1 unspecified atom stereocenters. The van der Waals surface area contributed by atoms with Crippen molar-refractivity contribution < 1.29 is 9.84 Å². The lowest BCUT2D eigenvalue weighted by Gasteiger charge is -2.05. The van der Waals surface area contributed by atoms with Crippen LogP contribution in [0.2, 0.25) is 0 Å². The molecule has 0 aliphatic heterocycles. The molecule has 0 aliphatic rings. The Morgan fingerprint density at radius 3 is 1.74 bits per heavy atom. The lowest BCUT2D eigenvalue weighted by atomic mass is 10.1. The average Bonchev–Trinajstić information content (AvgIpc) is 2.53. The van der Waals surface area contributed by atoms with Crippen molar-refractivity contribution in [3.63, 3.8) is 0 Å². The summed E-state index contributed by atoms with van der Waals surface area (Å²) >= 11 is 0. The second kappa shape index (κ2) is 19.7. The molecule has 0 aromatic carbocycles. The summed E-state index contributed by atoms with van der Waals surface area (Å²) in [5.74, 6) is 0. The van der Waals surface area contributed by atoms with Crippen LogP contribution in [-0.4, -0.2) is 24.4 Å². The van der Waals surface area contributed by atoms with Crippen molar-refractivity contribution in [3.8, 4) is 0 Å². The maximum atomic E-state index is 9.06. The monoisotopic (exact) mass is 326 g/mol. The van der Waals surface area contributed by atoms with E-state index in [-0.39, 0.29) is 6.10 Å². The van der Waals surface area contributed by atoms with Gasteiger partial charge in [-0.15, -0.1) is 0 Å². The van der Waals surface area contributed by atoms with Gasteiger partial charge in [-0.25, -0.2) is 0 Å². The molecule has 0 saturated carbocycles. The summed E-state index contributed by atoms with van der Waals surface area (Å²) in [4.78, 5) is 0. The van der Waals surface area contributed by atoms with Gasteiger partial charge in [0.1, 0.15) is 0 Å². The van der Waals surface area contributed by atoms with Crippen LogP contribution in [0.4, 0.5) is 0 Å². The van der Waals surface area contributed by atoms with Crippen molar-refractivity contribution in [2.75, 3.05) is 13.2 Å². The first-order chi connectivity index (χ1) is 11.3. The van der Waals surface area contributed by atoms with Crippen LogP contribution >= 0.6 is 0 Å². The SMILES string of the molecule is CCCCCCCCC=CCCCCCCCCOCC(C)O. The number of allylic oxidation sites excluding steroid dienone is 2. The number of rotatable bonds is 18. The van der Waals surface area contributed by atoms with E-state index in [0.29, 0.717) is 6.61 Å². The third-order valence-electron chi connectivity index (χ3n) is 4.16. The lowest BCUT2D eigenvalue weighted by Crippen LogP contribution is -2.10. The van der Waals surface area contributed by atoms with Crippen LogP contribution in [0, 0.1) is 0 Å². The summed E-state index contributed by atoms with van der Waals surface area (Å²) in [6.07, 6.45) is 23.1. The molecule has 0 spiro atoms. The maximum Gasteiger partial charge on any atom is 0.0745 e. The van der Waals surface area contributed by atoms with E-state index in [1.165, 1.54) is 83.5 Å². The van der Waals surface area contributed by atoms with Gasteiger partial charge >= 0.3 is 0 Å². The highest BCUT2D eigenvalue weighted by Gasteiger charge is 1.95. The molecule has 0 bridgehead atoms. The van der Waals surface area contributed by atoms with E-state index in [9.17, 15) is 0 Å². The second-order valence-corrected chi connectivity index (χ2v) is 6.86. The van der Waals surface area contributed by atoms with Crippen LogP contribution in [0.3, 0.4) is 0 Å². The third kappa shape index (κ3) is 21.7. The first-order valence-corrected chi connectivity index (χ1v) is 10.2. The predicted molar refractivity (Wildman–Crippen MR) is 102 cm³/mol. The Balaban J connectivity index is 3.05. The topological polar surface area (TPSA) is 29.5 Å². The summed E-state index contributed by atoms with van der Waals surface area (Å²) < 4.78 is 5.36. The van der Waals surface area contributed by atoms with Gasteiger partial charge in [-0.1, -0.05) is 76.9 Å². The molecule has 1 atom stereocenters. The molecule has 1 N–H and O–H groups in total. The van der Waals surface area contributed by atoms with Crippen LogP contribution in [0.25, 0.3) is 0 Å². The molecule has 2 nitrogen and oxygen atoms in total. The zero-order chi connectivity index (χ0) is 17.0. The number of hydrogen-bond donors (Lipinski definition) is 1. The van der Waals surface area contributed by atoms with Gasteiger partial charge in [-0.05, 0) is 39.0 Å². The molecular weight excluding hydrogens is 284 g/mol. The van der Waals surface area contributed by atoms with Gasteiger partial charge in [0.2, 0.25) is 0 Å². The molecule has 0 fully saturated rings. The fourth-order valence-electron chi connectivity index (χ4n) is 2.71. The number of aliphatic hydroxyl groups excluding tert-OH is 1. The molecule has 0 rings (SSSR count). The fraction of sp³-hybridized carbons (Fsp3) is 0.905. The van der Waals surface area contributed by atoms with Crippen molar-refractivity contribution in [2.45, 2.75) is 110 Å². The molecular formula is C21H42O2. The van der Waals surface area contributed by atoms with E-state index in [0.717, 1.165) is 13.0 Å². The van der Waals surface area contributed by atoms with Crippen LogP contribution in [-0.2, 0) is 4.74 Å². The van der Waals surface area contributed by atoms with E-state index < -0.39 is 0 Å². The number of hydrogen-bond acceptors (Lipinski definition) is 2. The van der Waals surface area contributed by atoms with Gasteiger partial charge in [0.05, 0.1) is 12.7 Å². The molecule has 0 aromatic heterocycles. The van der Waals surface area contributed by atoms with Gasteiger partial charge in [-0.3, -0.25) is 0 Å². The molecule has 0 aliphatic carbocycles. The Bertz CT molecular complexity index is 236. The smallest absolute Gasteiger partial charge is 0.0745 e. The zero-order valence-electron chi connectivity index (χ0n) is 15.9. The molecule has 0 aromatic rings. The number of aliphatic hydroxyl groups is 1. The molecule has 0 heterocycles. The largest absolute Gasteiger partial charge is 0.391 e. The summed E-state index contributed by atoms with van der Waals surface area (Å²) in [6.45, 7) is 5.32. The average molecular weight is 327 g/mol. The molecule has 0 amide bonds. The van der Waals surface area contributed by atoms with E-state index in [4.69, 9.17) is 9.84 Å². The molecule has 138 valence electrons. The quantitative estimate of drug-likeness (QED) is 0.232. The van der Waals surface area contributed by atoms with E-state index >= 15 is 0 Å². The Labute approximate surface area is 145 Å². The van der Waals surface area contributed by atoms with Crippen molar-refractivity contribution in [2.24, 2.45) is 0 Å². The van der Waals surface area contributed by atoms with Gasteiger partial charge in [0.15, 0.2) is 0 Å². The summed E-state index contributed by atoms with van der Waals surface area (Å²) in [7, 11) is 0. The minimum absolute atomic E-state index is 0.330. The van der Waals surface area contributed by atoms with Gasteiger partial charge in [0, 0.05) is 6.61 Å². The molecule has 0 radical (unpaired) electrons. The lowest BCUT2D eigenvalue weighted by molar-refractivity contribution is 0.0445. The number of unbranched alkanes of at least 4 members (excludes halogenated alkanes) is 12. The first-order valence-electron chi connectivity index (χ1n) is 10.2. The first kappa shape index (κ1) is 22.7. The molecule has 0 saturated heterocycles. The van der Waals surface area contributed by atoms with Crippen LogP contribution < -0.4 is 0 Å². The van der Waals surface area contributed by atoms with Gasteiger partial charge in [-0.2, -0.15) is 0 Å². The predicted octanol–water partition coefficient (Wildman–Crippen LogP) is 6.42. The van der Waals surface area contributed by atoms with Crippen LogP contribution in [0.1, 0.15) is 104 Å². The van der Waals surface area contributed by atoms with E-state index in [1.807, 2.05) is 0 Å². The van der Waals surface area contributed by atoms with Crippen LogP contribution in [0.5, 0.6) is 0 Å². The normalized spacial score (nSPS) is 13.0. The highest BCUT2D eigenvalue weighted by molar-refractivity contribution is 4.81. The Kier molecular flexibility index (Phi) is 19.4. The van der Waals surface area contributed by atoms with Gasteiger partial charge < -0.3 is 9.84 Å². The number of ether oxygens (including phenoxy) is 1. The zero-order valence-corrected chi connectivity index (χ0v) is 15.9. The Morgan fingerprint density at radius 2 is 1.22 bits per heavy atom. The highest BCUT2D eigenvalue weighted by atomic mass is 16.5. The van der Waals surface area contributed by atoms with Crippen molar-refractivity contribution >= 4 is 0 Å². The highest BCUT2D eigenvalue weighted by Crippen LogP contribution is 2.10. The second-order valence-electron chi connectivity index (χ2n) is 6.86. The third-order valence-corrected chi connectivity index (χ3v) is 4.16. The van der Waals surface area contributed by atoms with E-state index in [2.05, 4.69) is 19.1 Å². The summed E-state index contributed by atoms with van der Waals surface area (Å²) in [5.41, 5.74) is 0. The van der Waals surface area contributed by atoms with Crippen molar-refractivity contribution in [1.29, 1.82) is 0 Å². The summed E-state index contributed by atoms with van der Waals surface area (Å²) in [6, 6.07) is 0. The maximum absolute atomic E-state index is 9.06. The standard InChI is InChI=1S/C21H42O2/c1-3-4-5-6-7-8-9-10-11-12-13-14-15-16-17-18-19-23-20-21(2)22/h10-11,21-22H,3-9,12-20H2,1-2H3. The Morgan fingerprint density at radius 1 is 0.739 bits per heavy atom. The minimum atomic E-state index is -0.330. The van der Waals surface area contributed by atoms with Crippen LogP contribution in [0.15, 0.2) is 12.2 Å². The fourth-order valence-corrected chi connectivity index (χ4v) is 2.71. The van der Waals surface area contributed by atoms with Gasteiger partial charge in [0.25, 0.3) is 0 Å². The Hall–Kier alpha value is -0.340. The summed E-state index contributed by atoms with van der Waals surface area (Å²) in [5, 5.41) is 9.06. The molecule has 2 heteroatoms. The molecule has 23 heavy (non-hydrogen) atoms.